The number of carbonyl (C=O) groups excluding carboxylic acids is 1. The van der Waals surface area contributed by atoms with Gasteiger partial charge in [0.1, 0.15) is 0 Å². The van der Waals surface area contributed by atoms with Gasteiger partial charge in [-0.15, -0.1) is 5.10 Å². The molecule has 8 heteroatoms. The van der Waals surface area contributed by atoms with Crippen molar-refractivity contribution in [3.8, 4) is 0 Å². The topological polar surface area (TPSA) is 68.0 Å². The van der Waals surface area contributed by atoms with Crippen LogP contribution in [0.4, 0.5) is 19.2 Å². The predicted molar refractivity (Wildman–Crippen MR) is 92.3 cm³/mol. The lowest BCUT2D eigenvalue weighted by atomic mass is 10.1. The van der Waals surface area contributed by atoms with Gasteiger partial charge < -0.3 is 4.42 Å². The van der Waals surface area contributed by atoms with Crippen molar-refractivity contribution >= 4 is 11.9 Å². The van der Waals surface area contributed by atoms with Crippen molar-refractivity contribution < 1.29 is 22.4 Å². The minimum atomic E-state index is -4.45. The maximum atomic E-state index is 12.6. The fraction of sp³-hybridized carbons (Fsp3) is 0.211. The molecule has 0 radical (unpaired) electrons. The van der Waals surface area contributed by atoms with Crippen LogP contribution in [-0.2, 0) is 19.0 Å². The van der Waals surface area contributed by atoms with Gasteiger partial charge in [-0.05, 0) is 41.8 Å². The van der Waals surface area contributed by atoms with Crippen LogP contribution in [0.1, 0.15) is 39.9 Å². The SMILES string of the molecule is CCc1ccc(Cc2nnc(NC(=O)c3ccc(C(F)(F)F)cc3)o2)cc1. The monoisotopic (exact) mass is 375 g/mol. The normalized spacial score (nSPS) is 11.4. The van der Waals surface area contributed by atoms with Crippen LogP contribution in [-0.4, -0.2) is 16.1 Å². The van der Waals surface area contributed by atoms with E-state index >= 15 is 0 Å². The lowest BCUT2D eigenvalue weighted by Crippen LogP contribution is -2.13. The molecule has 0 aliphatic carbocycles. The first kappa shape index (κ1) is 18.6. The number of halogens is 3. The summed E-state index contributed by atoms with van der Waals surface area (Å²) >= 11 is 0. The molecule has 0 spiro atoms. The second-order valence-corrected chi connectivity index (χ2v) is 5.88. The molecule has 140 valence electrons. The molecule has 0 saturated carbocycles. The molecule has 0 atom stereocenters. The van der Waals surface area contributed by atoms with E-state index in [2.05, 4.69) is 22.4 Å². The summed E-state index contributed by atoms with van der Waals surface area (Å²) < 4.78 is 43.1. The number of amides is 1. The molecule has 5 nitrogen and oxygen atoms in total. The maximum absolute atomic E-state index is 12.6. The van der Waals surface area contributed by atoms with Crippen molar-refractivity contribution in [2.45, 2.75) is 25.9 Å². The third-order valence-corrected chi connectivity index (χ3v) is 3.95. The van der Waals surface area contributed by atoms with Gasteiger partial charge in [0.05, 0.1) is 12.0 Å². The van der Waals surface area contributed by atoms with Crippen molar-refractivity contribution in [1.82, 2.24) is 10.2 Å². The highest BCUT2D eigenvalue weighted by molar-refractivity contribution is 6.03. The van der Waals surface area contributed by atoms with Crippen molar-refractivity contribution in [3.05, 3.63) is 76.7 Å². The number of hydrogen-bond acceptors (Lipinski definition) is 4. The molecular formula is C19H16F3N3O2. The summed E-state index contributed by atoms with van der Waals surface area (Å²) in [5.41, 5.74) is 1.43. The second-order valence-electron chi connectivity index (χ2n) is 5.88. The largest absolute Gasteiger partial charge is 0.416 e. The first-order chi connectivity index (χ1) is 12.8. The van der Waals surface area contributed by atoms with Gasteiger partial charge in [-0.25, -0.2) is 0 Å². The maximum Gasteiger partial charge on any atom is 0.416 e. The molecule has 2 aromatic carbocycles. The van der Waals surface area contributed by atoms with Gasteiger partial charge in [-0.1, -0.05) is 36.3 Å². The quantitative estimate of drug-likeness (QED) is 0.713. The van der Waals surface area contributed by atoms with E-state index in [0.29, 0.717) is 12.3 Å². The van der Waals surface area contributed by atoms with Crippen molar-refractivity contribution in [3.63, 3.8) is 0 Å². The molecule has 1 N–H and O–H groups in total. The average Bonchev–Trinajstić information content (AvgIpc) is 3.08. The molecule has 27 heavy (non-hydrogen) atoms. The molecule has 3 aromatic rings. The summed E-state index contributed by atoms with van der Waals surface area (Å²) in [5.74, 6) is -0.312. The summed E-state index contributed by atoms with van der Waals surface area (Å²) in [6, 6.07) is 11.7. The van der Waals surface area contributed by atoms with E-state index in [-0.39, 0.29) is 11.6 Å². The van der Waals surface area contributed by atoms with Crippen LogP contribution in [0.15, 0.2) is 52.9 Å². The van der Waals surface area contributed by atoms with Crippen LogP contribution in [0, 0.1) is 0 Å². The number of nitrogens with one attached hydrogen (secondary N) is 1. The summed E-state index contributed by atoms with van der Waals surface area (Å²) in [6.07, 6.45) is -3.10. The number of benzene rings is 2. The smallest absolute Gasteiger partial charge is 0.407 e. The predicted octanol–water partition coefficient (Wildman–Crippen LogP) is 4.49. The fourth-order valence-corrected chi connectivity index (χ4v) is 2.42. The number of nitrogens with zero attached hydrogens (tertiary/aromatic N) is 2. The Kier molecular flexibility index (Phi) is 5.25. The molecule has 1 aromatic heterocycles. The zero-order chi connectivity index (χ0) is 19.4. The molecule has 0 saturated heterocycles. The lowest BCUT2D eigenvalue weighted by Gasteiger charge is -2.07. The number of aryl methyl sites for hydroxylation is 1. The fourth-order valence-electron chi connectivity index (χ4n) is 2.42. The van der Waals surface area contributed by atoms with Gasteiger partial charge in [0.15, 0.2) is 0 Å². The number of aromatic nitrogens is 2. The Bertz CT molecular complexity index is 917. The Morgan fingerprint density at radius 2 is 1.63 bits per heavy atom. The Labute approximate surface area is 153 Å². The number of anilines is 1. The third-order valence-electron chi connectivity index (χ3n) is 3.95. The Hall–Kier alpha value is -3.16. The van der Waals surface area contributed by atoms with Gasteiger partial charge in [0, 0.05) is 5.56 Å². The van der Waals surface area contributed by atoms with Gasteiger partial charge in [-0.3, -0.25) is 10.1 Å². The third kappa shape index (κ3) is 4.72. The van der Waals surface area contributed by atoms with E-state index in [9.17, 15) is 18.0 Å². The molecule has 1 heterocycles. The van der Waals surface area contributed by atoms with Crippen LogP contribution >= 0.6 is 0 Å². The van der Waals surface area contributed by atoms with Gasteiger partial charge in [0.2, 0.25) is 5.89 Å². The summed E-state index contributed by atoms with van der Waals surface area (Å²) in [4.78, 5) is 12.1. The molecule has 0 fully saturated rings. The number of alkyl halides is 3. The van der Waals surface area contributed by atoms with Crippen molar-refractivity contribution in [2.75, 3.05) is 5.32 Å². The summed E-state index contributed by atoms with van der Waals surface area (Å²) in [7, 11) is 0. The lowest BCUT2D eigenvalue weighted by molar-refractivity contribution is -0.137. The molecule has 0 unspecified atom stereocenters. The summed E-state index contributed by atoms with van der Waals surface area (Å²) in [6.45, 7) is 2.07. The molecule has 0 aliphatic heterocycles. The highest BCUT2D eigenvalue weighted by Crippen LogP contribution is 2.29. The summed E-state index contributed by atoms with van der Waals surface area (Å²) in [5, 5.41) is 9.99. The van der Waals surface area contributed by atoms with E-state index in [1.807, 2.05) is 24.3 Å². The molecular weight excluding hydrogens is 359 g/mol. The Balaban J connectivity index is 1.63. The zero-order valence-corrected chi connectivity index (χ0v) is 14.4. The molecule has 3 rings (SSSR count). The first-order valence-electron chi connectivity index (χ1n) is 8.24. The number of carbonyl (C=O) groups is 1. The zero-order valence-electron chi connectivity index (χ0n) is 14.4. The van der Waals surface area contributed by atoms with Gasteiger partial charge in [-0.2, -0.15) is 13.2 Å². The minimum absolute atomic E-state index is 0.0536. The average molecular weight is 375 g/mol. The molecule has 0 bridgehead atoms. The number of rotatable bonds is 5. The van der Waals surface area contributed by atoms with Gasteiger partial charge >= 0.3 is 12.2 Å². The van der Waals surface area contributed by atoms with Crippen LogP contribution in [0.3, 0.4) is 0 Å². The van der Waals surface area contributed by atoms with E-state index in [1.165, 1.54) is 5.56 Å². The molecule has 1 amide bonds. The van der Waals surface area contributed by atoms with Crippen molar-refractivity contribution in [1.29, 1.82) is 0 Å². The van der Waals surface area contributed by atoms with Crippen LogP contribution in [0.2, 0.25) is 0 Å². The Morgan fingerprint density at radius 1 is 1.00 bits per heavy atom. The van der Waals surface area contributed by atoms with Gasteiger partial charge in [0.25, 0.3) is 5.91 Å². The number of hydrogen-bond donors (Lipinski definition) is 1. The van der Waals surface area contributed by atoms with Crippen LogP contribution in [0.25, 0.3) is 0 Å². The first-order valence-corrected chi connectivity index (χ1v) is 8.24. The van der Waals surface area contributed by atoms with Crippen LogP contribution < -0.4 is 5.32 Å². The highest BCUT2D eigenvalue weighted by atomic mass is 19.4. The standard InChI is InChI=1S/C19H16F3N3O2/c1-2-12-3-5-13(6-4-12)11-16-24-25-18(27-16)23-17(26)14-7-9-15(10-8-14)19(20,21)22/h3-10H,2,11H2,1H3,(H,23,25,26). The second kappa shape index (κ2) is 7.61. The highest BCUT2D eigenvalue weighted by Gasteiger charge is 2.30. The van der Waals surface area contributed by atoms with E-state index < -0.39 is 17.6 Å². The van der Waals surface area contributed by atoms with Crippen molar-refractivity contribution in [2.24, 2.45) is 0 Å². The molecule has 0 aliphatic rings. The minimum Gasteiger partial charge on any atom is -0.407 e. The van der Waals surface area contributed by atoms with E-state index in [4.69, 9.17) is 4.42 Å². The van der Waals surface area contributed by atoms with E-state index in [1.54, 1.807) is 0 Å². The van der Waals surface area contributed by atoms with Crippen LogP contribution in [0.5, 0.6) is 0 Å². The van der Waals surface area contributed by atoms with E-state index in [0.717, 1.165) is 36.2 Å². The Morgan fingerprint density at radius 3 is 2.22 bits per heavy atom.